The molecule has 0 radical (unpaired) electrons. The first kappa shape index (κ1) is 13.4. The van der Waals surface area contributed by atoms with Gasteiger partial charge in [-0.3, -0.25) is 4.79 Å². The summed E-state index contributed by atoms with van der Waals surface area (Å²) in [6.07, 6.45) is 4.27. The number of carbonyl (C=O) groups is 1. The van der Waals surface area contributed by atoms with Gasteiger partial charge in [-0.25, -0.2) is 8.42 Å². The third-order valence-electron chi connectivity index (χ3n) is 2.98. The van der Waals surface area contributed by atoms with Crippen LogP contribution in [0.15, 0.2) is 0 Å². The van der Waals surface area contributed by atoms with Gasteiger partial charge in [0.2, 0.25) is 5.91 Å². The van der Waals surface area contributed by atoms with E-state index in [1.807, 2.05) is 0 Å². The summed E-state index contributed by atoms with van der Waals surface area (Å²) in [5.41, 5.74) is 5.32. The molecule has 0 aliphatic carbocycles. The molecule has 0 saturated carbocycles. The Hall–Kier alpha value is -0.620. The number of sulfone groups is 1. The van der Waals surface area contributed by atoms with Crippen molar-refractivity contribution in [2.45, 2.75) is 31.7 Å². The van der Waals surface area contributed by atoms with Crippen molar-refractivity contribution < 1.29 is 13.2 Å². The molecule has 0 bridgehead atoms. The lowest BCUT2D eigenvalue weighted by Gasteiger charge is -2.30. The van der Waals surface area contributed by atoms with Crippen LogP contribution in [0.2, 0.25) is 0 Å². The zero-order valence-corrected chi connectivity index (χ0v) is 10.4. The van der Waals surface area contributed by atoms with E-state index in [2.05, 4.69) is 5.32 Å². The largest absolute Gasteiger partial charge is 0.369 e. The van der Waals surface area contributed by atoms with E-state index in [4.69, 9.17) is 5.73 Å². The quantitative estimate of drug-likeness (QED) is 0.697. The lowest BCUT2D eigenvalue weighted by molar-refractivity contribution is -0.123. The molecule has 1 saturated heterocycles. The molecule has 1 aliphatic rings. The Morgan fingerprint density at radius 1 is 1.50 bits per heavy atom. The molecule has 5 nitrogen and oxygen atoms in total. The van der Waals surface area contributed by atoms with Crippen LogP contribution in [0.3, 0.4) is 0 Å². The van der Waals surface area contributed by atoms with Gasteiger partial charge in [0.25, 0.3) is 0 Å². The zero-order chi connectivity index (χ0) is 12.2. The number of nitrogens with one attached hydrogen (secondary N) is 1. The summed E-state index contributed by atoms with van der Waals surface area (Å²) in [5.74, 6) is -0.249. The van der Waals surface area contributed by atoms with Crippen molar-refractivity contribution in [3.63, 3.8) is 0 Å². The third-order valence-corrected chi connectivity index (χ3v) is 4.01. The number of piperidine rings is 1. The molecule has 3 N–H and O–H groups in total. The highest BCUT2D eigenvalue weighted by Gasteiger charge is 2.28. The molecule has 6 heteroatoms. The molecular weight excluding hydrogens is 228 g/mol. The Labute approximate surface area is 96.7 Å². The van der Waals surface area contributed by atoms with E-state index < -0.39 is 9.84 Å². The van der Waals surface area contributed by atoms with Crippen molar-refractivity contribution in [3.05, 3.63) is 0 Å². The predicted molar refractivity (Wildman–Crippen MR) is 62.7 cm³/mol. The molecule has 0 spiro atoms. The summed E-state index contributed by atoms with van der Waals surface area (Å²) < 4.78 is 22.0. The van der Waals surface area contributed by atoms with Crippen molar-refractivity contribution in [2.75, 3.05) is 18.6 Å². The summed E-state index contributed by atoms with van der Waals surface area (Å²) in [6, 6.07) is 0.0491. The van der Waals surface area contributed by atoms with Gasteiger partial charge in [0.15, 0.2) is 0 Å². The summed E-state index contributed by atoms with van der Waals surface area (Å²) >= 11 is 0. The molecule has 0 aromatic heterocycles. The monoisotopic (exact) mass is 248 g/mol. The lowest BCUT2D eigenvalue weighted by Crippen LogP contribution is -2.47. The molecule has 1 heterocycles. The molecular formula is C10H20N2O3S. The minimum Gasteiger partial charge on any atom is -0.369 e. The van der Waals surface area contributed by atoms with Crippen LogP contribution in [-0.2, 0) is 14.6 Å². The van der Waals surface area contributed by atoms with Gasteiger partial charge in [0.1, 0.15) is 9.84 Å². The molecule has 0 aromatic rings. The van der Waals surface area contributed by atoms with Gasteiger partial charge in [0.05, 0.1) is 5.92 Å². The standard InChI is InChI=1S/C10H20N2O3S/c1-16(14,15)7-3-5-9-8(10(11)13)4-2-6-12-9/h8-9,12H,2-7H2,1H3,(H2,11,13). The summed E-state index contributed by atoms with van der Waals surface area (Å²) in [7, 11) is -2.91. The fourth-order valence-electron chi connectivity index (χ4n) is 2.16. The highest BCUT2D eigenvalue weighted by Crippen LogP contribution is 2.19. The fourth-order valence-corrected chi connectivity index (χ4v) is 2.85. The second kappa shape index (κ2) is 5.63. The zero-order valence-electron chi connectivity index (χ0n) is 9.61. The van der Waals surface area contributed by atoms with E-state index in [1.54, 1.807) is 0 Å². The normalized spacial score (nSPS) is 26.6. The second-order valence-electron chi connectivity index (χ2n) is 4.48. The topological polar surface area (TPSA) is 89.3 Å². The van der Waals surface area contributed by atoms with Crippen LogP contribution < -0.4 is 11.1 Å². The van der Waals surface area contributed by atoms with E-state index in [0.717, 1.165) is 19.4 Å². The third kappa shape index (κ3) is 4.49. The number of nitrogens with two attached hydrogens (primary N) is 1. The molecule has 94 valence electrons. The Morgan fingerprint density at radius 2 is 2.19 bits per heavy atom. The highest BCUT2D eigenvalue weighted by molar-refractivity contribution is 7.90. The Balaban J connectivity index is 2.41. The van der Waals surface area contributed by atoms with Crippen LogP contribution >= 0.6 is 0 Å². The van der Waals surface area contributed by atoms with Crippen molar-refractivity contribution in [1.29, 1.82) is 0 Å². The van der Waals surface area contributed by atoms with Gasteiger partial charge < -0.3 is 11.1 Å². The molecule has 1 aliphatic heterocycles. The molecule has 1 rings (SSSR count). The van der Waals surface area contributed by atoms with Crippen LogP contribution in [0, 0.1) is 5.92 Å². The average Bonchev–Trinajstić information content (AvgIpc) is 2.16. The lowest BCUT2D eigenvalue weighted by atomic mass is 9.88. The van der Waals surface area contributed by atoms with E-state index >= 15 is 0 Å². The number of amides is 1. The maximum Gasteiger partial charge on any atom is 0.222 e. The number of carbonyl (C=O) groups excluding carboxylic acids is 1. The maximum atomic E-state index is 11.2. The minimum atomic E-state index is -2.91. The van der Waals surface area contributed by atoms with Crippen molar-refractivity contribution in [2.24, 2.45) is 11.7 Å². The number of hydrogen-bond acceptors (Lipinski definition) is 4. The molecule has 16 heavy (non-hydrogen) atoms. The number of rotatable bonds is 5. The molecule has 2 atom stereocenters. The summed E-state index contributed by atoms with van der Waals surface area (Å²) in [4.78, 5) is 11.2. The van der Waals surface area contributed by atoms with Crippen molar-refractivity contribution in [3.8, 4) is 0 Å². The van der Waals surface area contributed by atoms with Crippen LogP contribution in [0.5, 0.6) is 0 Å². The van der Waals surface area contributed by atoms with Gasteiger partial charge in [-0.05, 0) is 32.2 Å². The van der Waals surface area contributed by atoms with Gasteiger partial charge >= 0.3 is 0 Å². The van der Waals surface area contributed by atoms with E-state index in [-0.39, 0.29) is 23.6 Å². The second-order valence-corrected chi connectivity index (χ2v) is 6.74. The molecule has 1 fully saturated rings. The fraction of sp³-hybridized carbons (Fsp3) is 0.900. The maximum absolute atomic E-state index is 11.2. The minimum absolute atomic E-state index is 0.0491. The number of hydrogen-bond donors (Lipinski definition) is 2. The van der Waals surface area contributed by atoms with Crippen molar-refractivity contribution in [1.82, 2.24) is 5.32 Å². The number of primary amides is 1. The molecule has 1 amide bonds. The van der Waals surface area contributed by atoms with Gasteiger partial charge in [-0.1, -0.05) is 0 Å². The molecule has 2 unspecified atom stereocenters. The average molecular weight is 248 g/mol. The first-order valence-corrected chi connectivity index (χ1v) is 7.66. The Morgan fingerprint density at radius 3 is 2.75 bits per heavy atom. The van der Waals surface area contributed by atoms with E-state index in [0.29, 0.717) is 12.8 Å². The van der Waals surface area contributed by atoms with Crippen LogP contribution in [-0.4, -0.2) is 38.9 Å². The predicted octanol–water partition coefficient (Wildman–Crippen LogP) is -0.335. The van der Waals surface area contributed by atoms with Gasteiger partial charge in [-0.15, -0.1) is 0 Å². The van der Waals surface area contributed by atoms with Gasteiger partial charge in [0, 0.05) is 18.1 Å². The Bertz CT molecular complexity index is 340. The van der Waals surface area contributed by atoms with E-state index in [9.17, 15) is 13.2 Å². The SMILES string of the molecule is CS(=O)(=O)CCCC1NCCCC1C(N)=O. The van der Waals surface area contributed by atoms with Crippen LogP contribution in [0.1, 0.15) is 25.7 Å². The highest BCUT2D eigenvalue weighted by atomic mass is 32.2. The first-order valence-electron chi connectivity index (χ1n) is 5.60. The smallest absolute Gasteiger partial charge is 0.222 e. The summed E-state index contributed by atoms with van der Waals surface area (Å²) in [6.45, 7) is 0.882. The van der Waals surface area contributed by atoms with Crippen LogP contribution in [0.25, 0.3) is 0 Å². The van der Waals surface area contributed by atoms with E-state index in [1.165, 1.54) is 6.26 Å². The van der Waals surface area contributed by atoms with Crippen LogP contribution in [0.4, 0.5) is 0 Å². The first-order chi connectivity index (χ1) is 7.40. The van der Waals surface area contributed by atoms with Gasteiger partial charge in [-0.2, -0.15) is 0 Å². The Kier molecular flexibility index (Phi) is 4.73. The summed E-state index contributed by atoms with van der Waals surface area (Å²) in [5, 5.41) is 3.24. The van der Waals surface area contributed by atoms with Crippen molar-refractivity contribution >= 4 is 15.7 Å². The molecule has 0 aromatic carbocycles.